The minimum atomic E-state index is -3.47. The summed E-state index contributed by atoms with van der Waals surface area (Å²) in [4.78, 5) is 5.09. The Morgan fingerprint density at radius 2 is 1.93 bits per heavy atom. The molecule has 2 heterocycles. The average Bonchev–Trinajstić information content (AvgIpc) is 3.17. The van der Waals surface area contributed by atoms with Crippen molar-refractivity contribution < 1.29 is 8.42 Å². The van der Waals surface area contributed by atoms with Gasteiger partial charge < -0.3 is 10.6 Å². The zero-order valence-corrected chi connectivity index (χ0v) is 19.2. The van der Waals surface area contributed by atoms with Crippen molar-refractivity contribution in [3.05, 3.63) is 29.8 Å². The molecule has 0 amide bonds. The number of hydrogen-bond acceptors (Lipinski definition) is 4. The average molecular weight is 439 g/mol. The molecule has 3 rings (SSSR count). The third-order valence-corrected chi connectivity index (χ3v) is 9.12. The van der Waals surface area contributed by atoms with Gasteiger partial charge in [-0.25, -0.2) is 13.4 Å². The summed E-state index contributed by atoms with van der Waals surface area (Å²) in [6.07, 6.45) is 5.45. The lowest BCUT2D eigenvalue weighted by Crippen LogP contribution is -2.43. The molecule has 2 aliphatic rings. The number of nitrogens with one attached hydrogen (secondary N) is 2. The first-order valence-electron chi connectivity index (χ1n) is 10.7. The molecule has 8 heteroatoms. The van der Waals surface area contributed by atoms with E-state index in [1.807, 2.05) is 30.8 Å². The van der Waals surface area contributed by atoms with Gasteiger partial charge in [-0.05, 0) is 56.9 Å². The number of rotatable bonds is 7. The molecule has 1 aromatic carbocycles. The lowest BCUT2D eigenvalue weighted by molar-refractivity contribution is 0.346. The van der Waals surface area contributed by atoms with E-state index in [2.05, 4.69) is 17.6 Å². The minimum absolute atomic E-state index is 0.242. The number of hydrogen-bond donors (Lipinski definition) is 2. The summed E-state index contributed by atoms with van der Waals surface area (Å²) in [6, 6.07) is 7.27. The number of sulfonamides is 1. The Bertz CT molecular complexity index is 799. The van der Waals surface area contributed by atoms with Crippen LogP contribution in [0.3, 0.4) is 0 Å². The number of aliphatic imine (C=N–C) groups is 1. The van der Waals surface area contributed by atoms with Crippen molar-refractivity contribution in [2.45, 2.75) is 62.1 Å². The van der Waals surface area contributed by atoms with E-state index in [1.54, 1.807) is 16.4 Å². The molecule has 1 aromatic rings. The molecule has 0 spiro atoms. The predicted molar refractivity (Wildman–Crippen MR) is 122 cm³/mol. The number of piperidine rings is 1. The summed E-state index contributed by atoms with van der Waals surface area (Å²) in [5.74, 6) is 1.96. The zero-order chi connectivity index (χ0) is 20.7. The Hall–Kier alpha value is -1.25. The number of guanidine groups is 1. The lowest BCUT2D eigenvalue weighted by atomic mass is 10.1. The fraction of sp³-hybridized carbons (Fsp3) is 0.667. The third-order valence-electron chi connectivity index (χ3n) is 5.59. The molecule has 0 bridgehead atoms. The largest absolute Gasteiger partial charge is 0.357 e. The Morgan fingerprint density at radius 3 is 2.62 bits per heavy atom. The van der Waals surface area contributed by atoms with E-state index in [1.165, 1.54) is 18.6 Å². The van der Waals surface area contributed by atoms with Crippen LogP contribution in [0.15, 0.2) is 34.2 Å². The van der Waals surface area contributed by atoms with E-state index in [9.17, 15) is 8.42 Å². The number of thioether (sulfide) groups is 1. The van der Waals surface area contributed by atoms with Crippen LogP contribution in [0, 0.1) is 0 Å². The second-order valence-electron chi connectivity index (χ2n) is 8.02. The monoisotopic (exact) mass is 438 g/mol. The summed E-state index contributed by atoms with van der Waals surface area (Å²) < 4.78 is 28.2. The van der Waals surface area contributed by atoms with Crippen LogP contribution in [0.2, 0.25) is 0 Å². The molecule has 2 saturated heterocycles. The standard InChI is InChI=1S/C21H34N4O2S2/c1-3-22-20(24-17-21(2)12-9-15-28-21)23-16-18-10-5-6-11-19(18)29(26,27)25-13-7-4-8-14-25/h5-6,10-11H,3-4,7-9,12-17H2,1-2H3,(H2,22,23,24). The van der Waals surface area contributed by atoms with Crippen LogP contribution in [-0.2, 0) is 16.6 Å². The van der Waals surface area contributed by atoms with Crippen molar-refractivity contribution in [1.82, 2.24) is 14.9 Å². The van der Waals surface area contributed by atoms with Crippen LogP contribution in [0.1, 0.15) is 51.5 Å². The van der Waals surface area contributed by atoms with Crippen LogP contribution in [0.4, 0.5) is 0 Å². The molecule has 0 aromatic heterocycles. The van der Waals surface area contributed by atoms with Gasteiger partial charge in [0, 0.05) is 30.9 Å². The van der Waals surface area contributed by atoms with E-state index in [0.717, 1.165) is 43.9 Å². The SMILES string of the molecule is CCNC(=NCc1ccccc1S(=O)(=O)N1CCCCC1)NCC1(C)CCCS1. The van der Waals surface area contributed by atoms with Gasteiger partial charge in [0.15, 0.2) is 5.96 Å². The van der Waals surface area contributed by atoms with Gasteiger partial charge in [0.1, 0.15) is 0 Å². The highest BCUT2D eigenvalue weighted by Crippen LogP contribution is 2.36. The van der Waals surface area contributed by atoms with Crippen LogP contribution in [0.5, 0.6) is 0 Å². The first kappa shape index (κ1) is 22.4. The maximum Gasteiger partial charge on any atom is 0.243 e. The van der Waals surface area contributed by atoms with Crippen molar-refractivity contribution in [2.75, 3.05) is 31.9 Å². The van der Waals surface area contributed by atoms with Gasteiger partial charge in [-0.15, -0.1) is 0 Å². The topological polar surface area (TPSA) is 73.8 Å². The third kappa shape index (κ3) is 5.89. The molecular formula is C21H34N4O2S2. The van der Waals surface area contributed by atoms with E-state index in [0.29, 0.717) is 24.5 Å². The highest BCUT2D eigenvalue weighted by molar-refractivity contribution is 8.00. The zero-order valence-electron chi connectivity index (χ0n) is 17.6. The second kappa shape index (κ2) is 10.2. The van der Waals surface area contributed by atoms with Crippen LogP contribution >= 0.6 is 11.8 Å². The summed E-state index contributed by atoms with van der Waals surface area (Å²) in [5, 5.41) is 6.74. The van der Waals surface area contributed by atoms with Crippen molar-refractivity contribution >= 4 is 27.7 Å². The minimum Gasteiger partial charge on any atom is -0.357 e. The molecule has 6 nitrogen and oxygen atoms in total. The molecule has 0 saturated carbocycles. The molecule has 0 radical (unpaired) electrons. The smallest absolute Gasteiger partial charge is 0.243 e. The molecular weight excluding hydrogens is 404 g/mol. The van der Waals surface area contributed by atoms with Gasteiger partial charge in [-0.2, -0.15) is 16.1 Å². The van der Waals surface area contributed by atoms with Gasteiger partial charge in [-0.1, -0.05) is 24.6 Å². The Labute approximate surface area is 180 Å². The molecule has 2 N–H and O–H groups in total. The molecule has 2 fully saturated rings. The van der Waals surface area contributed by atoms with Crippen molar-refractivity contribution in [2.24, 2.45) is 4.99 Å². The molecule has 1 atom stereocenters. The second-order valence-corrected chi connectivity index (χ2v) is 11.6. The van der Waals surface area contributed by atoms with E-state index >= 15 is 0 Å². The van der Waals surface area contributed by atoms with Gasteiger partial charge >= 0.3 is 0 Å². The van der Waals surface area contributed by atoms with Gasteiger partial charge in [0.25, 0.3) is 0 Å². The fourth-order valence-corrected chi connectivity index (χ4v) is 6.86. The van der Waals surface area contributed by atoms with Gasteiger partial charge in [-0.3, -0.25) is 0 Å². The van der Waals surface area contributed by atoms with Crippen molar-refractivity contribution in [3.8, 4) is 0 Å². The van der Waals surface area contributed by atoms with Gasteiger partial charge in [0.2, 0.25) is 10.0 Å². The number of benzene rings is 1. The van der Waals surface area contributed by atoms with Crippen LogP contribution in [0.25, 0.3) is 0 Å². The van der Waals surface area contributed by atoms with E-state index in [4.69, 9.17) is 4.99 Å². The van der Waals surface area contributed by atoms with Crippen molar-refractivity contribution in [1.29, 1.82) is 0 Å². The van der Waals surface area contributed by atoms with Crippen LogP contribution in [-0.4, -0.2) is 55.4 Å². The molecule has 1 unspecified atom stereocenters. The first-order valence-corrected chi connectivity index (χ1v) is 13.1. The Balaban J connectivity index is 1.74. The normalized spacial score (nSPS) is 23.9. The lowest BCUT2D eigenvalue weighted by Gasteiger charge is -2.26. The highest BCUT2D eigenvalue weighted by atomic mass is 32.2. The molecule has 29 heavy (non-hydrogen) atoms. The quantitative estimate of drug-likeness (QED) is 0.505. The van der Waals surface area contributed by atoms with E-state index < -0.39 is 10.0 Å². The maximum atomic E-state index is 13.2. The van der Waals surface area contributed by atoms with Crippen molar-refractivity contribution in [3.63, 3.8) is 0 Å². The van der Waals surface area contributed by atoms with Gasteiger partial charge in [0.05, 0.1) is 11.4 Å². The molecule has 162 valence electrons. The maximum absolute atomic E-state index is 13.2. The Kier molecular flexibility index (Phi) is 7.87. The summed E-state index contributed by atoms with van der Waals surface area (Å²) in [5.41, 5.74) is 0.747. The van der Waals surface area contributed by atoms with Crippen LogP contribution < -0.4 is 10.6 Å². The number of nitrogens with zero attached hydrogens (tertiary/aromatic N) is 2. The molecule has 0 aliphatic carbocycles. The Morgan fingerprint density at radius 1 is 1.17 bits per heavy atom. The predicted octanol–water partition coefficient (Wildman–Crippen LogP) is 3.20. The summed E-state index contributed by atoms with van der Waals surface area (Å²) >= 11 is 2.01. The summed E-state index contributed by atoms with van der Waals surface area (Å²) in [6.45, 7) is 7.52. The fourth-order valence-electron chi connectivity index (χ4n) is 3.88. The summed E-state index contributed by atoms with van der Waals surface area (Å²) in [7, 11) is -3.47. The molecule has 2 aliphatic heterocycles. The highest BCUT2D eigenvalue weighted by Gasteiger charge is 2.30. The first-order chi connectivity index (χ1) is 13.9. The van der Waals surface area contributed by atoms with E-state index in [-0.39, 0.29) is 4.75 Å².